The number of methoxy groups -OCH3 is 4. The third-order valence-corrected chi connectivity index (χ3v) is 10.4. The number of aliphatic imine (C=N–C) groups is 1. The van der Waals surface area contributed by atoms with E-state index in [1.54, 1.807) is 30.2 Å². The predicted molar refractivity (Wildman–Crippen MR) is 210 cm³/mol. The van der Waals surface area contributed by atoms with Crippen LogP contribution < -0.4 is 16.0 Å². The van der Waals surface area contributed by atoms with Crippen LogP contribution in [-0.2, 0) is 28.5 Å². The first-order chi connectivity index (χ1) is 27.1. The van der Waals surface area contributed by atoms with Gasteiger partial charge in [0.25, 0.3) is 0 Å². The Bertz CT molecular complexity index is 1790. The molecule has 1 aromatic heterocycles. The maximum Gasteiger partial charge on any atom is 0.407 e. The summed E-state index contributed by atoms with van der Waals surface area (Å²) < 4.78 is 19.8. The fourth-order valence-corrected chi connectivity index (χ4v) is 7.25. The minimum Gasteiger partial charge on any atom is -0.453 e. The molecular weight excluding hydrogens is 720 g/mol. The highest BCUT2D eigenvalue weighted by Gasteiger charge is 2.39. The van der Waals surface area contributed by atoms with E-state index < -0.39 is 24.3 Å². The molecule has 3 aliphatic rings. The minimum absolute atomic E-state index is 0.0429. The first kappa shape index (κ1) is 41.7. The number of nitrogens with one attached hydrogen (secondary N) is 4. The van der Waals surface area contributed by atoms with Gasteiger partial charge >= 0.3 is 12.2 Å². The van der Waals surface area contributed by atoms with Gasteiger partial charge in [0, 0.05) is 53.4 Å². The van der Waals surface area contributed by atoms with E-state index in [0.29, 0.717) is 57.1 Å². The van der Waals surface area contributed by atoms with Crippen LogP contribution in [0, 0.1) is 0 Å². The number of hydrogen-bond donors (Lipinski definition) is 4. The van der Waals surface area contributed by atoms with Crippen molar-refractivity contribution >= 4 is 41.0 Å². The van der Waals surface area contributed by atoms with Crippen molar-refractivity contribution in [3.63, 3.8) is 0 Å². The highest BCUT2D eigenvalue weighted by molar-refractivity contribution is 5.95. The number of rotatable bonds is 17. The number of carbonyl (C=O) groups is 4. The monoisotopic (exact) mass is 774 g/mol. The minimum atomic E-state index is -0.778. The molecule has 1 unspecified atom stereocenters. The van der Waals surface area contributed by atoms with Crippen LogP contribution >= 0.6 is 0 Å². The average Bonchev–Trinajstić information content (AvgIpc) is 4.06. The average molecular weight is 775 g/mol. The number of carbonyl (C=O) groups excluding carboxylic acids is 4. The number of aromatic nitrogens is 2. The van der Waals surface area contributed by atoms with Crippen LogP contribution in [-0.4, -0.2) is 129 Å². The van der Waals surface area contributed by atoms with E-state index in [1.165, 1.54) is 14.2 Å². The molecule has 5 atom stereocenters. The lowest BCUT2D eigenvalue weighted by Gasteiger charge is -2.29. The highest BCUT2D eigenvalue weighted by Crippen LogP contribution is 2.32. The standard InChI is InChI=1S/C40H54N8O8/c1-25(11-12-26(2)31-23-41-35(43-31)33-9-7-19-47(33)37(49)29(17-21-53-3)45-39(51)55-5)27-13-15-28(16-14-27)32-24-42-36(44-32)34-10-8-20-48(34)38(50)30(18-22-54-4)46-40(52)56-6/h11-16,23,29-30,32-34H,1-2,7-10,17-22,24H2,3-6H3,(H,41,43)(H,42,44)(H,45,51)(H,46,52)/b12-11-/t29-,30-,32?,33-,34-/m0/s1. The van der Waals surface area contributed by atoms with Gasteiger partial charge in [-0.15, -0.1) is 0 Å². The fraction of sp³-hybridized carbons (Fsp3) is 0.500. The van der Waals surface area contributed by atoms with Gasteiger partial charge in [-0.05, 0) is 48.0 Å². The second-order valence-electron chi connectivity index (χ2n) is 13.9. The number of hydrogen-bond acceptors (Lipinski definition) is 11. The Hall–Kier alpha value is -5.48. The van der Waals surface area contributed by atoms with E-state index >= 15 is 0 Å². The lowest BCUT2D eigenvalue weighted by molar-refractivity contribution is -0.135. The zero-order valence-corrected chi connectivity index (χ0v) is 32.7. The molecule has 0 radical (unpaired) electrons. The molecule has 0 bridgehead atoms. The van der Waals surface area contributed by atoms with Crippen molar-refractivity contribution in [2.24, 2.45) is 4.99 Å². The van der Waals surface area contributed by atoms with Crippen LogP contribution in [0.3, 0.4) is 0 Å². The Labute approximate surface area is 327 Å². The molecule has 1 aromatic carbocycles. The van der Waals surface area contributed by atoms with Crippen LogP contribution in [0.1, 0.15) is 73.3 Å². The number of amidine groups is 1. The maximum atomic E-state index is 13.5. The molecule has 16 heteroatoms. The number of allylic oxidation sites excluding steroid dienone is 4. The number of alkyl carbamates (subject to hydrolysis) is 2. The SMILES string of the molecule is C=C(/C=C\C(=C)c1cnc([C@@H]2CCCN2C(=O)[C@H](CCOC)NC(=O)OC)[nH]1)c1ccc(C2CN=C([C@@H]3CCCN3C(=O)[C@H](CCOC)NC(=O)OC)N2)cc1. The number of ether oxygens (including phenoxy) is 4. The second-order valence-corrected chi connectivity index (χ2v) is 13.9. The number of amides is 4. The Morgan fingerprint density at radius 3 is 1.96 bits per heavy atom. The Morgan fingerprint density at radius 1 is 0.839 bits per heavy atom. The fourth-order valence-electron chi connectivity index (χ4n) is 7.25. The lowest BCUT2D eigenvalue weighted by atomic mass is 10.0. The smallest absolute Gasteiger partial charge is 0.407 e. The van der Waals surface area contributed by atoms with Gasteiger partial charge in [-0.25, -0.2) is 14.6 Å². The normalized spacial score (nSPS) is 20.3. The summed E-state index contributed by atoms with van der Waals surface area (Å²) in [5, 5.41) is 8.82. The van der Waals surface area contributed by atoms with Gasteiger partial charge in [0.2, 0.25) is 11.8 Å². The van der Waals surface area contributed by atoms with Crippen molar-refractivity contribution in [1.29, 1.82) is 0 Å². The summed E-state index contributed by atoms with van der Waals surface area (Å²) >= 11 is 0. The largest absolute Gasteiger partial charge is 0.453 e. The highest BCUT2D eigenvalue weighted by atomic mass is 16.5. The summed E-state index contributed by atoms with van der Waals surface area (Å²) in [5.74, 6) is 1.03. The Kier molecular flexibility index (Phi) is 14.8. The Balaban J connectivity index is 1.15. The quantitative estimate of drug-likeness (QED) is 0.172. The third kappa shape index (κ3) is 10.2. The van der Waals surface area contributed by atoms with Gasteiger partial charge in [-0.2, -0.15) is 0 Å². The molecule has 0 saturated carbocycles. The molecule has 16 nitrogen and oxygen atoms in total. The van der Waals surface area contributed by atoms with E-state index in [9.17, 15) is 19.2 Å². The van der Waals surface area contributed by atoms with E-state index in [0.717, 1.165) is 53.9 Å². The van der Waals surface area contributed by atoms with Gasteiger partial charge in [-0.1, -0.05) is 49.6 Å². The zero-order chi connectivity index (χ0) is 40.2. The number of likely N-dealkylation sites (tertiary alicyclic amines) is 2. The summed E-state index contributed by atoms with van der Waals surface area (Å²) in [6.45, 7) is 10.8. The first-order valence-corrected chi connectivity index (χ1v) is 18.9. The molecule has 56 heavy (non-hydrogen) atoms. The molecule has 0 spiro atoms. The summed E-state index contributed by atoms with van der Waals surface area (Å²) in [6, 6.07) is 6.09. The molecule has 0 aliphatic carbocycles. The van der Waals surface area contributed by atoms with E-state index in [1.807, 2.05) is 36.4 Å². The Morgan fingerprint density at radius 2 is 1.39 bits per heavy atom. The molecule has 4 N–H and O–H groups in total. The number of nitrogens with zero attached hydrogens (tertiary/aromatic N) is 4. The molecule has 2 saturated heterocycles. The van der Waals surface area contributed by atoms with Crippen LogP contribution in [0.25, 0.3) is 11.1 Å². The summed E-state index contributed by atoms with van der Waals surface area (Å²) in [4.78, 5) is 67.2. The molecule has 302 valence electrons. The van der Waals surface area contributed by atoms with Crippen LogP contribution in [0.4, 0.5) is 9.59 Å². The predicted octanol–water partition coefficient (Wildman–Crippen LogP) is 3.91. The van der Waals surface area contributed by atoms with Gasteiger partial charge < -0.3 is 49.7 Å². The van der Waals surface area contributed by atoms with E-state index in [4.69, 9.17) is 23.9 Å². The molecular formula is C40H54N8O8. The molecule has 5 rings (SSSR count). The summed E-state index contributed by atoms with van der Waals surface area (Å²) in [5.41, 5.74) is 4.22. The van der Waals surface area contributed by atoms with E-state index in [-0.39, 0.29) is 29.9 Å². The molecule has 2 aromatic rings. The number of benzene rings is 1. The molecule has 4 heterocycles. The topological polar surface area (TPSA) is 189 Å². The van der Waals surface area contributed by atoms with Gasteiger partial charge in [0.15, 0.2) is 0 Å². The molecule has 4 amide bonds. The second kappa shape index (κ2) is 19.9. The van der Waals surface area contributed by atoms with E-state index in [2.05, 4.69) is 39.1 Å². The number of aromatic amines is 1. The van der Waals surface area contributed by atoms with Crippen LogP contribution in [0.2, 0.25) is 0 Å². The van der Waals surface area contributed by atoms with Crippen LogP contribution in [0.5, 0.6) is 0 Å². The van der Waals surface area contributed by atoms with Gasteiger partial charge in [-0.3, -0.25) is 14.6 Å². The summed E-state index contributed by atoms with van der Waals surface area (Å²) in [6.07, 6.45) is 7.96. The number of H-pyrrole nitrogens is 1. The maximum absolute atomic E-state index is 13.5. The van der Waals surface area contributed by atoms with Gasteiger partial charge in [0.05, 0.1) is 50.8 Å². The first-order valence-electron chi connectivity index (χ1n) is 18.9. The van der Waals surface area contributed by atoms with Crippen molar-refractivity contribution in [3.05, 3.63) is 78.4 Å². The van der Waals surface area contributed by atoms with Crippen molar-refractivity contribution < 1.29 is 38.1 Å². The molecule has 2 fully saturated rings. The summed E-state index contributed by atoms with van der Waals surface area (Å²) in [7, 11) is 5.63. The van der Waals surface area contributed by atoms with Crippen molar-refractivity contribution in [2.45, 2.75) is 68.7 Å². The number of imidazole rings is 1. The van der Waals surface area contributed by atoms with Crippen molar-refractivity contribution in [2.75, 3.05) is 61.3 Å². The van der Waals surface area contributed by atoms with Gasteiger partial charge in [0.1, 0.15) is 23.7 Å². The van der Waals surface area contributed by atoms with Crippen molar-refractivity contribution in [1.82, 2.24) is 35.7 Å². The van der Waals surface area contributed by atoms with Crippen molar-refractivity contribution in [3.8, 4) is 0 Å². The molecule has 3 aliphatic heterocycles. The van der Waals surface area contributed by atoms with Crippen LogP contribution in [0.15, 0.2) is 60.8 Å². The lowest BCUT2D eigenvalue weighted by Crippen LogP contribution is -2.53. The zero-order valence-electron chi connectivity index (χ0n) is 32.7. The third-order valence-electron chi connectivity index (χ3n) is 10.4.